The van der Waals surface area contributed by atoms with Gasteiger partial charge in [-0.05, 0) is 12.1 Å². The molecule has 1 aromatic carbocycles. The highest BCUT2D eigenvalue weighted by atomic mass is 35.5. The molecule has 0 aliphatic heterocycles. The van der Waals surface area contributed by atoms with Gasteiger partial charge in [0.15, 0.2) is 0 Å². The average molecular weight is 239 g/mol. The maximum absolute atomic E-state index is 6.09. The van der Waals surface area contributed by atoms with Crippen molar-refractivity contribution in [2.45, 2.75) is 6.54 Å². The molecular weight excluding hydrogens is 228 g/mol. The molecule has 1 heterocycles. The van der Waals surface area contributed by atoms with Crippen LogP contribution in [0.1, 0.15) is 5.69 Å². The van der Waals surface area contributed by atoms with Crippen molar-refractivity contribution >= 4 is 11.6 Å². The Hall–Kier alpha value is -1.59. The van der Waals surface area contributed by atoms with Gasteiger partial charge < -0.3 is 10.5 Å². The maximum Gasteiger partial charge on any atom is 0.121 e. The van der Waals surface area contributed by atoms with Gasteiger partial charge >= 0.3 is 0 Å². The fraction of sp³-hybridized carbons (Fsp3) is 0.200. The second-order valence-corrected chi connectivity index (χ2v) is 3.57. The van der Waals surface area contributed by atoms with Gasteiger partial charge in [0, 0.05) is 12.6 Å². The molecule has 0 saturated carbocycles. The molecule has 1 aromatic heterocycles. The second kappa shape index (κ2) is 4.51. The molecule has 84 valence electrons. The molecule has 0 bridgehead atoms. The fourth-order valence-corrected chi connectivity index (χ4v) is 1.58. The average Bonchev–Trinajstić information content (AvgIpc) is 2.77. The third-order valence-corrected chi connectivity index (χ3v) is 2.53. The number of nitrogens with two attached hydrogens (primary N) is 1. The molecule has 0 radical (unpaired) electrons. The first-order valence-electron chi connectivity index (χ1n) is 4.70. The number of aromatic nitrogens is 3. The topological polar surface area (TPSA) is 66.0 Å². The smallest absolute Gasteiger partial charge is 0.121 e. The lowest BCUT2D eigenvalue weighted by molar-refractivity contribution is 0.414. The summed E-state index contributed by atoms with van der Waals surface area (Å²) in [6.07, 6.45) is 1.61. The van der Waals surface area contributed by atoms with E-state index in [0.717, 1.165) is 5.69 Å². The van der Waals surface area contributed by atoms with Gasteiger partial charge in [0.05, 0.1) is 29.7 Å². The molecule has 2 N–H and O–H groups in total. The zero-order chi connectivity index (χ0) is 11.5. The second-order valence-electron chi connectivity index (χ2n) is 3.16. The van der Waals surface area contributed by atoms with E-state index in [1.807, 2.05) is 0 Å². The number of ether oxygens (including phenoxy) is 1. The molecule has 0 amide bonds. The van der Waals surface area contributed by atoms with Crippen LogP contribution in [0.3, 0.4) is 0 Å². The maximum atomic E-state index is 6.09. The van der Waals surface area contributed by atoms with Gasteiger partial charge in [-0.25, -0.2) is 4.68 Å². The van der Waals surface area contributed by atoms with Crippen molar-refractivity contribution in [1.82, 2.24) is 15.0 Å². The summed E-state index contributed by atoms with van der Waals surface area (Å²) in [4.78, 5) is 0. The number of halogens is 1. The molecule has 0 aliphatic carbocycles. The summed E-state index contributed by atoms with van der Waals surface area (Å²) in [6, 6.07) is 5.32. The van der Waals surface area contributed by atoms with Crippen LogP contribution >= 0.6 is 11.6 Å². The van der Waals surface area contributed by atoms with Crippen molar-refractivity contribution in [3.63, 3.8) is 0 Å². The molecule has 2 aromatic rings. The first-order valence-corrected chi connectivity index (χ1v) is 5.07. The van der Waals surface area contributed by atoms with Crippen LogP contribution in [-0.2, 0) is 6.54 Å². The minimum Gasteiger partial charge on any atom is -0.497 e. The van der Waals surface area contributed by atoms with Crippen LogP contribution in [-0.4, -0.2) is 22.1 Å². The van der Waals surface area contributed by atoms with E-state index in [1.54, 1.807) is 36.2 Å². The van der Waals surface area contributed by atoms with Crippen LogP contribution < -0.4 is 10.5 Å². The Bertz CT molecular complexity index is 497. The molecule has 0 unspecified atom stereocenters. The van der Waals surface area contributed by atoms with Gasteiger partial charge in [-0.15, -0.1) is 5.10 Å². The Balaban J connectivity index is 2.54. The summed E-state index contributed by atoms with van der Waals surface area (Å²) in [5, 5.41) is 8.31. The van der Waals surface area contributed by atoms with Gasteiger partial charge in [-0.3, -0.25) is 0 Å². The Kier molecular flexibility index (Phi) is 3.07. The number of rotatable bonds is 3. The highest BCUT2D eigenvalue weighted by molar-refractivity contribution is 6.32. The van der Waals surface area contributed by atoms with Gasteiger partial charge in [0.2, 0.25) is 0 Å². The first kappa shape index (κ1) is 10.9. The minimum absolute atomic E-state index is 0.348. The van der Waals surface area contributed by atoms with Crippen molar-refractivity contribution in [2.75, 3.05) is 7.11 Å². The highest BCUT2D eigenvalue weighted by Crippen LogP contribution is 2.25. The summed E-state index contributed by atoms with van der Waals surface area (Å²) in [5.74, 6) is 0.706. The van der Waals surface area contributed by atoms with E-state index >= 15 is 0 Å². The lowest BCUT2D eigenvalue weighted by Crippen LogP contribution is -2.07. The van der Waals surface area contributed by atoms with E-state index in [4.69, 9.17) is 22.1 Å². The van der Waals surface area contributed by atoms with Crippen LogP contribution in [0.15, 0.2) is 24.4 Å². The largest absolute Gasteiger partial charge is 0.497 e. The molecule has 0 spiro atoms. The molecule has 6 heteroatoms. The predicted molar refractivity (Wildman–Crippen MR) is 60.8 cm³/mol. The molecule has 0 atom stereocenters. The monoisotopic (exact) mass is 238 g/mol. The van der Waals surface area contributed by atoms with Crippen molar-refractivity contribution in [2.24, 2.45) is 5.73 Å². The van der Waals surface area contributed by atoms with Crippen molar-refractivity contribution in [3.8, 4) is 11.4 Å². The number of benzene rings is 1. The summed E-state index contributed by atoms with van der Waals surface area (Å²) < 4.78 is 6.73. The zero-order valence-corrected chi connectivity index (χ0v) is 9.48. The van der Waals surface area contributed by atoms with Crippen LogP contribution in [0.25, 0.3) is 5.69 Å². The van der Waals surface area contributed by atoms with E-state index in [1.165, 1.54) is 0 Å². The molecule has 0 aliphatic rings. The Morgan fingerprint density at radius 3 is 3.00 bits per heavy atom. The number of hydrogen-bond acceptors (Lipinski definition) is 4. The minimum atomic E-state index is 0.348. The lowest BCUT2D eigenvalue weighted by atomic mass is 10.3. The van der Waals surface area contributed by atoms with Crippen LogP contribution in [0.4, 0.5) is 0 Å². The Labute approximate surface area is 97.8 Å². The van der Waals surface area contributed by atoms with Crippen LogP contribution in [0.2, 0.25) is 5.02 Å². The van der Waals surface area contributed by atoms with Crippen molar-refractivity contribution in [3.05, 3.63) is 35.1 Å². The quantitative estimate of drug-likeness (QED) is 0.878. The summed E-state index contributed by atoms with van der Waals surface area (Å²) in [7, 11) is 1.60. The Morgan fingerprint density at radius 1 is 1.50 bits per heavy atom. The van der Waals surface area contributed by atoms with Crippen molar-refractivity contribution in [1.29, 1.82) is 0 Å². The zero-order valence-electron chi connectivity index (χ0n) is 8.72. The normalized spacial score (nSPS) is 10.4. The molecule has 2 rings (SSSR count). The standard InChI is InChI=1S/C10H11ClN4O/c1-16-8-2-3-9(11)10(4-8)15-7(5-12)6-13-14-15/h2-4,6H,5,12H2,1H3. The van der Waals surface area contributed by atoms with E-state index in [2.05, 4.69) is 10.3 Å². The first-order chi connectivity index (χ1) is 7.76. The van der Waals surface area contributed by atoms with Crippen LogP contribution in [0, 0.1) is 0 Å². The number of nitrogens with zero attached hydrogens (tertiary/aromatic N) is 3. The molecule has 5 nitrogen and oxygen atoms in total. The van der Waals surface area contributed by atoms with E-state index in [-0.39, 0.29) is 0 Å². The fourth-order valence-electron chi connectivity index (χ4n) is 1.38. The number of hydrogen-bond donors (Lipinski definition) is 1. The summed E-state index contributed by atoms with van der Waals surface area (Å²) in [6.45, 7) is 0.348. The summed E-state index contributed by atoms with van der Waals surface area (Å²) in [5.41, 5.74) is 7.07. The van der Waals surface area contributed by atoms with Crippen LogP contribution in [0.5, 0.6) is 5.75 Å². The van der Waals surface area contributed by atoms with Gasteiger partial charge in [-0.2, -0.15) is 0 Å². The molecular formula is C10H11ClN4O. The summed E-state index contributed by atoms with van der Waals surface area (Å²) >= 11 is 6.09. The molecule has 16 heavy (non-hydrogen) atoms. The van der Waals surface area contributed by atoms with Gasteiger partial charge in [0.1, 0.15) is 5.75 Å². The highest BCUT2D eigenvalue weighted by Gasteiger charge is 2.09. The SMILES string of the molecule is COc1ccc(Cl)c(-n2nncc2CN)c1. The van der Waals surface area contributed by atoms with E-state index in [9.17, 15) is 0 Å². The molecule has 0 fully saturated rings. The van der Waals surface area contributed by atoms with E-state index < -0.39 is 0 Å². The Morgan fingerprint density at radius 2 is 2.31 bits per heavy atom. The van der Waals surface area contributed by atoms with E-state index in [0.29, 0.717) is 23.0 Å². The van der Waals surface area contributed by atoms with Crippen molar-refractivity contribution < 1.29 is 4.74 Å². The predicted octanol–water partition coefficient (Wildman–Crippen LogP) is 1.39. The number of methoxy groups -OCH3 is 1. The molecule has 0 saturated heterocycles. The van der Waals surface area contributed by atoms with Gasteiger partial charge in [-0.1, -0.05) is 16.8 Å². The third-order valence-electron chi connectivity index (χ3n) is 2.21. The van der Waals surface area contributed by atoms with Gasteiger partial charge in [0.25, 0.3) is 0 Å². The lowest BCUT2D eigenvalue weighted by Gasteiger charge is -2.08. The third kappa shape index (κ3) is 1.87.